The molecule has 2 aliphatic heterocycles. The molecule has 1 aromatic heterocycles. The van der Waals surface area contributed by atoms with Gasteiger partial charge >= 0.3 is 6.18 Å². The molecule has 0 radical (unpaired) electrons. The summed E-state index contributed by atoms with van der Waals surface area (Å²) >= 11 is 0. The summed E-state index contributed by atoms with van der Waals surface area (Å²) in [6, 6.07) is 17.1. The molecule has 272 valence electrons. The Morgan fingerprint density at radius 2 is 1.73 bits per heavy atom. The number of carbonyl (C=O) groups excluding carboxylic acids is 3. The Balaban J connectivity index is 1.44. The molecular weight excluding hydrogens is 680 g/mol. The second kappa shape index (κ2) is 15.5. The Morgan fingerprint density at radius 3 is 2.40 bits per heavy atom. The van der Waals surface area contributed by atoms with E-state index in [-0.39, 0.29) is 24.6 Å². The summed E-state index contributed by atoms with van der Waals surface area (Å²) < 4.78 is 62.0. The van der Waals surface area contributed by atoms with Gasteiger partial charge in [-0.15, -0.1) is 0 Å². The van der Waals surface area contributed by atoms with Crippen LogP contribution in [0.3, 0.4) is 0 Å². The number of nitrogens with one attached hydrogen (secondary N) is 1. The van der Waals surface area contributed by atoms with E-state index < -0.39 is 41.3 Å². The van der Waals surface area contributed by atoms with Gasteiger partial charge in [-0.1, -0.05) is 42.5 Å². The van der Waals surface area contributed by atoms with Gasteiger partial charge in [-0.3, -0.25) is 24.2 Å². The van der Waals surface area contributed by atoms with Crippen molar-refractivity contribution in [3.05, 3.63) is 125 Å². The van der Waals surface area contributed by atoms with Crippen molar-refractivity contribution in [1.29, 1.82) is 0 Å². The lowest BCUT2D eigenvalue weighted by molar-refractivity contribution is -0.137. The van der Waals surface area contributed by atoms with E-state index in [9.17, 15) is 31.9 Å². The molecule has 1 saturated heterocycles. The van der Waals surface area contributed by atoms with Crippen molar-refractivity contribution in [3.8, 4) is 5.69 Å². The number of hydrogen-bond donors (Lipinski definition) is 1. The zero-order valence-corrected chi connectivity index (χ0v) is 28.6. The third-order valence-corrected chi connectivity index (χ3v) is 9.18. The summed E-state index contributed by atoms with van der Waals surface area (Å²) in [5.41, 5.74) is 0.692. The minimum absolute atomic E-state index is 0.000623. The largest absolute Gasteiger partial charge is 0.416 e. The number of para-hydroxylation sites is 1. The number of amides is 3. The molecule has 0 saturated carbocycles. The molecular formula is C38H38F4N6O4. The number of rotatable bonds is 10. The van der Waals surface area contributed by atoms with Crippen molar-refractivity contribution in [2.45, 2.75) is 31.6 Å². The maximum Gasteiger partial charge on any atom is 0.416 e. The van der Waals surface area contributed by atoms with Gasteiger partial charge in [0.2, 0.25) is 5.91 Å². The van der Waals surface area contributed by atoms with Crippen LogP contribution in [0.1, 0.15) is 45.6 Å². The Hall–Kier alpha value is -5.34. The zero-order valence-electron chi connectivity index (χ0n) is 28.6. The minimum Gasteiger partial charge on any atom is -0.379 e. The molecule has 0 bridgehead atoms. The highest BCUT2D eigenvalue weighted by atomic mass is 19.4. The molecule has 1 N–H and O–H groups in total. The highest BCUT2D eigenvalue weighted by Crippen LogP contribution is 2.44. The molecule has 6 rings (SSSR count). The molecule has 10 nitrogen and oxygen atoms in total. The van der Waals surface area contributed by atoms with Crippen LogP contribution in [0.5, 0.6) is 0 Å². The standard InChI is InChI=1S/C38H38F4N6O4/c1-3-47-36-33(30(44-48(36)29-11-5-4-6-12-29)24-45(2)31(49)13-8-18-46-19-21-52-22-20-46)32(25-14-16-28(39)17-15-25)34(37(47)51)43-35(50)26-9-7-10-27(23-26)38(40,41)42/h4-17,23,32,34H,3,18-22,24H2,1-2H3,(H,43,50)/b13-8+/t32-,34-/m0/s1. The number of ether oxygens (including phenoxy) is 1. The van der Waals surface area contributed by atoms with E-state index in [1.165, 1.54) is 46.2 Å². The van der Waals surface area contributed by atoms with Gasteiger partial charge in [0.15, 0.2) is 0 Å². The van der Waals surface area contributed by atoms with E-state index >= 15 is 0 Å². The lowest BCUT2D eigenvalue weighted by Gasteiger charge is -2.38. The number of carbonyl (C=O) groups is 3. The predicted molar refractivity (Wildman–Crippen MR) is 185 cm³/mol. The van der Waals surface area contributed by atoms with Crippen molar-refractivity contribution in [1.82, 2.24) is 24.9 Å². The van der Waals surface area contributed by atoms with Crippen LogP contribution in [0, 0.1) is 5.82 Å². The van der Waals surface area contributed by atoms with Crippen LogP contribution in [0.4, 0.5) is 23.4 Å². The number of nitrogens with zero attached hydrogens (tertiary/aromatic N) is 5. The van der Waals surface area contributed by atoms with E-state index in [0.29, 0.717) is 48.1 Å². The van der Waals surface area contributed by atoms with Crippen molar-refractivity contribution in [3.63, 3.8) is 0 Å². The predicted octanol–water partition coefficient (Wildman–Crippen LogP) is 5.17. The second-order valence-electron chi connectivity index (χ2n) is 12.6. The summed E-state index contributed by atoms with van der Waals surface area (Å²) in [5.74, 6) is -2.82. The number of halogens is 4. The lowest BCUT2D eigenvalue weighted by atomic mass is 9.80. The van der Waals surface area contributed by atoms with Gasteiger partial charge in [0.05, 0.1) is 36.7 Å². The van der Waals surface area contributed by atoms with Gasteiger partial charge in [-0.25, -0.2) is 9.07 Å². The fourth-order valence-electron chi connectivity index (χ4n) is 6.55. The molecule has 4 aromatic rings. The first-order valence-electron chi connectivity index (χ1n) is 16.9. The number of likely N-dealkylation sites (N-methyl/N-ethyl adjacent to an activating group) is 2. The monoisotopic (exact) mass is 718 g/mol. The lowest BCUT2D eigenvalue weighted by Crippen LogP contribution is -2.55. The molecule has 3 heterocycles. The number of hydrogen-bond acceptors (Lipinski definition) is 6. The topological polar surface area (TPSA) is 100 Å². The van der Waals surface area contributed by atoms with Crippen LogP contribution >= 0.6 is 0 Å². The van der Waals surface area contributed by atoms with E-state index in [2.05, 4.69) is 10.2 Å². The molecule has 0 aliphatic carbocycles. The Kier molecular flexibility index (Phi) is 10.9. The minimum atomic E-state index is -4.69. The summed E-state index contributed by atoms with van der Waals surface area (Å²) in [7, 11) is 1.63. The van der Waals surface area contributed by atoms with Crippen LogP contribution in [-0.2, 0) is 27.0 Å². The van der Waals surface area contributed by atoms with Crippen LogP contribution in [0.25, 0.3) is 5.69 Å². The van der Waals surface area contributed by atoms with E-state index in [1.807, 2.05) is 30.3 Å². The van der Waals surface area contributed by atoms with Gasteiger partial charge in [0.25, 0.3) is 11.8 Å². The molecule has 0 unspecified atom stereocenters. The second-order valence-corrected chi connectivity index (χ2v) is 12.6. The van der Waals surface area contributed by atoms with Crippen molar-refractivity contribution in [2.75, 3.05) is 51.3 Å². The highest BCUT2D eigenvalue weighted by molar-refractivity contribution is 6.05. The molecule has 2 aliphatic rings. The van der Waals surface area contributed by atoms with Crippen molar-refractivity contribution >= 4 is 23.5 Å². The SMILES string of the molecule is CCN1C(=O)[C@@H](NC(=O)c2cccc(C(F)(F)F)c2)[C@@H](c2ccc(F)cc2)c2c(CN(C)C(=O)/C=C/CN3CCOCC3)nn(-c3ccccc3)c21. The molecule has 0 spiro atoms. The van der Waals surface area contributed by atoms with Gasteiger partial charge < -0.3 is 15.0 Å². The molecule has 2 atom stereocenters. The fourth-order valence-corrected chi connectivity index (χ4v) is 6.55. The normalized spacial score (nSPS) is 18.0. The molecule has 1 fully saturated rings. The molecule has 14 heteroatoms. The summed E-state index contributed by atoms with van der Waals surface area (Å²) in [6.45, 7) is 5.27. The van der Waals surface area contributed by atoms with Gasteiger partial charge in [0.1, 0.15) is 17.7 Å². The maximum atomic E-state index is 14.5. The van der Waals surface area contributed by atoms with E-state index in [1.54, 1.807) is 24.7 Å². The quantitative estimate of drug-likeness (QED) is 0.180. The van der Waals surface area contributed by atoms with Crippen molar-refractivity contribution in [2.24, 2.45) is 0 Å². The molecule has 3 aromatic carbocycles. The third kappa shape index (κ3) is 7.77. The van der Waals surface area contributed by atoms with Gasteiger partial charge in [-0.05, 0) is 55.0 Å². The first-order chi connectivity index (χ1) is 25.0. The first kappa shape index (κ1) is 36.5. The van der Waals surface area contributed by atoms with Crippen LogP contribution in [-0.4, -0.2) is 89.8 Å². The summed E-state index contributed by atoms with van der Waals surface area (Å²) in [6.07, 6.45) is -1.41. The number of anilines is 1. The Labute approximate surface area is 298 Å². The Morgan fingerprint density at radius 1 is 1.02 bits per heavy atom. The number of benzene rings is 3. The smallest absolute Gasteiger partial charge is 0.379 e. The zero-order chi connectivity index (χ0) is 37.0. The number of aromatic nitrogens is 2. The Bertz CT molecular complexity index is 1940. The van der Waals surface area contributed by atoms with Gasteiger partial charge in [0, 0.05) is 56.3 Å². The summed E-state index contributed by atoms with van der Waals surface area (Å²) in [4.78, 5) is 46.6. The van der Waals surface area contributed by atoms with Crippen molar-refractivity contribution < 1.29 is 36.7 Å². The number of fused-ring (bicyclic) bond motifs is 1. The van der Waals surface area contributed by atoms with Crippen LogP contribution < -0.4 is 10.2 Å². The maximum absolute atomic E-state index is 14.5. The van der Waals surface area contributed by atoms with E-state index in [4.69, 9.17) is 9.84 Å². The highest BCUT2D eigenvalue weighted by Gasteiger charge is 2.46. The van der Waals surface area contributed by atoms with Gasteiger partial charge in [-0.2, -0.15) is 18.3 Å². The molecule has 3 amide bonds. The summed E-state index contributed by atoms with van der Waals surface area (Å²) in [5, 5.41) is 7.66. The third-order valence-electron chi connectivity index (χ3n) is 9.18. The van der Waals surface area contributed by atoms with Crippen LogP contribution in [0.15, 0.2) is 91.0 Å². The average Bonchev–Trinajstić information content (AvgIpc) is 3.51. The fraction of sp³-hybridized carbons (Fsp3) is 0.316. The van der Waals surface area contributed by atoms with Crippen LogP contribution in [0.2, 0.25) is 0 Å². The number of morpholine rings is 1. The van der Waals surface area contributed by atoms with E-state index in [0.717, 1.165) is 31.3 Å². The average molecular weight is 719 g/mol. The number of alkyl halides is 3. The first-order valence-corrected chi connectivity index (χ1v) is 16.9. The molecule has 52 heavy (non-hydrogen) atoms.